The van der Waals surface area contributed by atoms with Crippen LogP contribution in [0.5, 0.6) is 0 Å². The van der Waals surface area contributed by atoms with Crippen molar-refractivity contribution in [2.45, 2.75) is 25.8 Å². The van der Waals surface area contributed by atoms with Gasteiger partial charge in [-0.25, -0.2) is 9.97 Å². The Morgan fingerprint density at radius 3 is 2.86 bits per heavy atom. The molecule has 4 nitrogen and oxygen atoms in total. The Kier molecular flexibility index (Phi) is 3.66. The number of hydrogen-bond acceptors (Lipinski definition) is 4. The van der Waals surface area contributed by atoms with E-state index in [1.54, 1.807) is 17.4 Å². The largest absolute Gasteiger partial charge is 0.320 e. The first-order chi connectivity index (χ1) is 10.1. The molecule has 0 saturated heterocycles. The van der Waals surface area contributed by atoms with E-state index in [9.17, 15) is 5.26 Å². The molecule has 21 heavy (non-hydrogen) atoms. The molecule has 0 N–H and O–H groups in total. The number of nitriles is 1. The molecule has 0 aliphatic rings. The number of nitrogens with zero attached hydrogens (tertiary/aromatic N) is 4. The minimum Gasteiger partial charge on any atom is -0.320 e. The molecule has 1 atom stereocenters. The summed E-state index contributed by atoms with van der Waals surface area (Å²) in [6, 6.07) is 7.79. The van der Waals surface area contributed by atoms with Gasteiger partial charge < -0.3 is 4.57 Å². The van der Waals surface area contributed by atoms with Crippen LogP contribution >= 0.6 is 22.9 Å². The molecular weight excluding hydrogens is 304 g/mol. The van der Waals surface area contributed by atoms with Gasteiger partial charge in [-0.15, -0.1) is 22.9 Å². The number of para-hydroxylation sites is 1. The minimum atomic E-state index is -0.231. The van der Waals surface area contributed by atoms with E-state index in [-0.39, 0.29) is 5.38 Å². The second-order valence-corrected chi connectivity index (χ2v) is 6.44. The fourth-order valence-electron chi connectivity index (χ4n) is 2.34. The van der Waals surface area contributed by atoms with Crippen LogP contribution in [0, 0.1) is 18.3 Å². The zero-order valence-corrected chi connectivity index (χ0v) is 13.2. The Balaban J connectivity index is 2.19. The predicted octanol–water partition coefficient (Wildman–Crippen LogP) is 4.02. The van der Waals surface area contributed by atoms with Crippen molar-refractivity contribution < 1.29 is 0 Å². The Bertz CT molecular complexity index is 841. The number of aryl methyl sites for hydroxylation is 1. The molecule has 3 aromatic rings. The number of aromatic nitrogens is 3. The topological polar surface area (TPSA) is 54.5 Å². The van der Waals surface area contributed by atoms with E-state index in [0.29, 0.717) is 17.6 Å². The normalized spacial score (nSPS) is 12.5. The van der Waals surface area contributed by atoms with Crippen LogP contribution in [0.3, 0.4) is 0 Å². The first-order valence-electron chi connectivity index (χ1n) is 6.54. The Morgan fingerprint density at radius 1 is 1.43 bits per heavy atom. The van der Waals surface area contributed by atoms with Crippen molar-refractivity contribution in [3.05, 3.63) is 45.7 Å². The van der Waals surface area contributed by atoms with E-state index < -0.39 is 0 Å². The molecule has 0 radical (unpaired) electrons. The SMILES string of the molecule is Cc1csc(Cn2c(C(C)Cl)nc3c(C#N)cccc32)n1. The van der Waals surface area contributed by atoms with Crippen LogP contribution in [0.15, 0.2) is 23.6 Å². The van der Waals surface area contributed by atoms with Crippen LogP contribution in [-0.2, 0) is 6.54 Å². The fourth-order valence-corrected chi connectivity index (χ4v) is 3.26. The molecule has 2 aromatic heterocycles. The standard InChI is InChI=1S/C15H13ClN4S/c1-9-8-21-13(18-9)7-20-12-5-3-4-11(6-17)14(12)19-15(20)10(2)16/h3-5,8,10H,7H2,1-2H3. The Morgan fingerprint density at radius 2 is 2.24 bits per heavy atom. The van der Waals surface area contributed by atoms with Crippen molar-refractivity contribution in [3.63, 3.8) is 0 Å². The molecule has 6 heteroatoms. The molecule has 0 bridgehead atoms. The summed E-state index contributed by atoms with van der Waals surface area (Å²) in [7, 11) is 0. The number of alkyl halides is 1. The number of thiazole rings is 1. The molecule has 1 unspecified atom stereocenters. The summed E-state index contributed by atoms with van der Waals surface area (Å²) in [6.07, 6.45) is 0. The molecule has 2 heterocycles. The quantitative estimate of drug-likeness (QED) is 0.686. The van der Waals surface area contributed by atoms with Gasteiger partial charge >= 0.3 is 0 Å². The third-order valence-corrected chi connectivity index (χ3v) is 4.39. The average molecular weight is 317 g/mol. The van der Waals surface area contributed by atoms with Crippen LogP contribution < -0.4 is 0 Å². The van der Waals surface area contributed by atoms with Gasteiger partial charge in [-0.05, 0) is 26.0 Å². The molecule has 0 spiro atoms. The predicted molar refractivity (Wildman–Crippen MR) is 84.7 cm³/mol. The van der Waals surface area contributed by atoms with Gasteiger partial charge in [-0.1, -0.05) is 6.07 Å². The highest BCUT2D eigenvalue weighted by molar-refractivity contribution is 7.09. The van der Waals surface area contributed by atoms with Gasteiger partial charge in [-0.3, -0.25) is 0 Å². The van der Waals surface area contributed by atoms with Gasteiger partial charge in [0.1, 0.15) is 22.4 Å². The number of imidazole rings is 1. The zero-order chi connectivity index (χ0) is 15.0. The first-order valence-corrected chi connectivity index (χ1v) is 7.86. The third-order valence-electron chi connectivity index (χ3n) is 3.24. The number of benzene rings is 1. The van der Waals surface area contributed by atoms with Crippen LogP contribution in [0.2, 0.25) is 0 Å². The summed E-state index contributed by atoms with van der Waals surface area (Å²) in [5, 5.41) is 12.0. The lowest BCUT2D eigenvalue weighted by molar-refractivity contribution is 0.737. The third kappa shape index (κ3) is 2.53. The van der Waals surface area contributed by atoms with E-state index in [1.807, 2.05) is 35.9 Å². The summed E-state index contributed by atoms with van der Waals surface area (Å²) in [6.45, 7) is 4.49. The van der Waals surface area contributed by atoms with Crippen molar-refractivity contribution in [3.8, 4) is 6.07 Å². The van der Waals surface area contributed by atoms with E-state index in [0.717, 1.165) is 22.0 Å². The number of rotatable bonds is 3. The maximum absolute atomic E-state index is 9.22. The fraction of sp³-hybridized carbons (Fsp3) is 0.267. The highest BCUT2D eigenvalue weighted by atomic mass is 35.5. The average Bonchev–Trinajstić information content (AvgIpc) is 3.03. The first kappa shape index (κ1) is 14.1. The van der Waals surface area contributed by atoms with Crippen molar-refractivity contribution in [2.24, 2.45) is 0 Å². The van der Waals surface area contributed by atoms with Gasteiger partial charge in [-0.2, -0.15) is 5.26 Å². The van der Waals surface area contributed by atoms with E-state index in [4.69, 9.17) is 11.6 Å². The van der Waals surface area contributed by atoms with E-state index in [2.05, 4.69) is 16.0 Å². The molecule has 0 saturated carbocycles. The van der Waals surface area contributed by atoms with Crippen LogP contribution in [-0.4, -0.2) is 14.5 Å². The monoisotopic (exact) mass is 316 g/mol. The molecule has 3 rings (SSSR count). The van der Waals surface area contributed by atoms with Crippen LogP contribution in [0.1, 0.15) is 34.4 Å². The molecule has 0 amide bonds. The van der Waals surface area contributed by atoms with Gasteiger partial charge in [0.15, 0.2) is 0 Å². The molecular formula is C15H13ClN4S. The zero-order valence-electron chi connectivity index (χ0n) is 11.7. The molecule has 106 valence electrons. The van der Waals surface area contributed by atoms with Gasteiger partial charge in [0.05, 0.1) is 23.0 Å². The highest BCUT2D eigenvalue weighted by Gasteiger charge is 2.18. The highest BCUT2D eigenvalue weighted by Crippen LogP contribution is 2.27. The van der Waals surface area contributed by atoms with Crippen LogP contribution in [0.4, 0.5) is 0 Å². The summed E-state index contributed by atoms with van der Waals surface area (Å²) in [4.78, 5) is 9.07. The van der Waals surface area contributed by atoms with E-state index >= 15 is 0 Å². The number of hydrogen-bond donors (Lipinski definition) is 0. The van der Waals surface area contributed by atoms with Gasteiger partial charge in [0.2, 0.25) is 0 Å². The number of halogens is 1. The molecule has 1 aromatic carbocycles. The van der Waals surface area contributed by atoms with E-state index in [1.165, 1.54) is 0 Å². The Hall–Kier alpha value is -1.90. The van der Waals surface area contributed by atoms with Crippen molar-refractivity contribution in [2.75, 3.05) is 0 Å². The van der Waals surface area contributed by atoms with Gasteiger partial charge in [0.25, 0.3) is 0 Å². The number of fused-ring (bicyclic) bond motifs is 1. The van der Waals surface area contributed by atoms with Crippen molar-refractivity contribution in [1.29, 1.82) is 5.26 Å². The molecule has 0 aliphatic carbocycles. The van der Waals surface area contributed by atoms with Gasteiger partial charge in [0, 0.05) is 11.1 Å². The van der Waals surface area contributed by atoms with Crippen molar-refractivity contribution >= 4 is 34.0 Å². The molecule has 0 fully saturated rings. The molecule has 0 aliphatic heterocycles. The summed E-state index contributed by atoms with van der Waals surface area (Å²) >= 11 is 7.88. The second kappa shape index (κ2) is 5.47. The lowest BCUT2D eigenvalue weighted by atomic mass is 10.2. The summed E-state index contributed by atoms with van der Waals surface area (Å²) in [5.74, 6) is 0.766. The minimum absolute atomic E-state index is 0.231. The van der Waals surface area contributed by atoms with Crippen LogP contribution in [0.25, 0.3) is 11.0 Å². The maximum Gasteiger partial charge on any atom is 0.128 e. The second-order valence-electron chi connectivity index (χ2n) is 4.84. The maximum atomic E-state index is 9.22. The summed E-state index contributed by atoms with van der Waals surface area (Å²) < 4.78 is 2.05. The lowest BCUT2D eigenvalue weighted by Gasteiger charge is -2.08. The smallest absolute Gasteiger partial charge is 0.128 e. The Labute approximate surface area is 131 Å². The lowest BCUT2D eigenvalue weighted by Crippen LogP contribution is -2.05. The summed E-state index contributed by atoms with van der Waals surface area (Å²) in [5.41, 5.74) is 3.21. The van der Waals surface area contributed by atoms with Crippen molar-refractivity contribution in [1.82, 2.24) is 14.5 Å².